The van der Waals surface area contributed by atoms with Crippen LogP contribution >= 0.6 is 23.2 Å². The van der Waals surface area contributed by atoms with Crippen molar-refractivity contribution < 1.29 is 5.11 Å². The number of benzene rings is 2. The topological polar surface area (TPSA) is 20.2 Å². The summed E-state index contributed by atoms with van der Waals surface area (Å²) in [4.78, 5) is 0. The first-order valence-electron chi connectivity index (χ1n) is 6.17. The van der Waals surface area contributed by atoms with Crippen molar-refractivity contribution in [2.75, 3.05) is 0 Å². The van der Waals surface area contributed by atoms with Crippen molar-refractivity contribution in [1.29, 1.82) is 0 Å². The minimum atomic E-state index is -0.572. The third-order valence-corrected chi connectivity index (χ3v) is 4.18. The zero-order chi connectivity index (χ0) is 14.0. The largest absolute Gasteiger partial charge is 0.388 e. The number of aliphatic hydroxyl groups is 1. The Bertz CT molecular complexity index is 573. The fourth-order valence-electron chi connectivity index (χ4n) is 2.37. The van der Waals surface area contributed by atoms with Crippen molar-refractivity contribution in [3.63, 3.8) is 0 Å². The number of aliphatic hydroxyl groups excluding tert-OH is 1. The van der Waals surface area contributed by atoms with Gasteiger partial charge < -0.3 is 5.11 Å². The van der Waals surface area contributed by atoms with Crippen LogP contribution in [0.4, 0.5) is 0 Å². The Labute approximate surface area is 123 Å². The van der Waals surface area contributed by atoms with E-state index < -0.39 is 6.10 Å². The molecule has 3 heteroatoms. The molecule has 0 fully saturated rings. The molecule has 1 N–H and O–H groups in total. The van der Waals surface area contributed by atoms with Gasteiger partial charge in [-0.3, -0.25) is 0 Å². The smallest absolute Gasteiger partial charge is 0.0836 e. The number of halogens is 2. The molecule has 0 saturated carbocycles. The predicted octanol–water partition coefficient (Wildman–Crippen LogP) is 4.89. The molecule has 0 saturated heterocycles. The Hall–Kier alpha value is -1.02. The summed E-state index contributed by atoms with van der Waals surface area (Å²) in [5.74, 6) is 0. The molecule has 1 unspecified atom stereocenters. The van der Waals surface area contributed by atoms with Gasteiger partial charge in [-0.2, -0.15) is 0 Å². The maximum absolute atomic E-state index is 10.4. The second kappa shape index (κ2) is 5.96. The Kier molecular flexibility index (Phi) is 4.51. The molecule has 0 aliphatic heterocycles. The lowest BCUT2D eigenvalue weighted by Crippen LogP contribution is -2.06. The van der Waals surface area contributed by atoms with Crippen molar-refractivity contribution in [3.05, 3.63) is 68.7 Å². The minimum absolute atomic E-state index is 0.463. The van der Waals surface area contributed by atoms with Gasteiger partial charge in [-0.1, -0.05) is 53.5 Å². The van der Waals surface area contributed by atoms with Crippen LogP contribution in [0.5, 0.6) is 0 Å². The molecule has 0 aliphatic carbocycles. The predicted molar refractivity (Wildman–Crippen MR) is 81.0 cm³/mol. The van der Waals surface area contributed by atoms with Gasteiger partial charge in [-0.15, -0.1) is 0 Å². The molecule has 0 amide bonds. The third kappa shape index (κ3) is 3.11. The van der Waals surface area contributed by atoms with Gasteiger partial charge in [0.05, 0.1) is 16.1 Å². The standard InChI is InChI=1S/C16H16Cl2O/c1-10-5-3-6-11(2)15(10)14(19)9-12-7-4-8-13(17)16(12)18/h3-8,14,19H,9H2,1-2H3. The number of hydrogen-bond acceptors (Lipinski definition) is 1. The molecule has 0 heterocycles. The molecule has 0 bridgehead atoms. The lowest BCUT2D eigenvalue weighted by atomic mass is 9.94. The van der Waals surface area contributed by atoms with Gasteiger partial charge in [-0.25, -0.2) is 0 Å². The van der Waals surface area contributed by atoms with Crippen LogP contribution in [0.1, 0.15) is 28.4 Å². The van der Waals surface area contributed by atoms with Gasteiger partial charge >= 0.3 is 0 Å². The first-order valence-corrected chi connectivity index (χ1v) is 6.93. The molecule has 2 aromatic carbocycles. The van der Waals surface area contributed by atoms with E-state index in [2.05, 4.69) is 0 Å². The molecule has 0 aromatic heterocycles. The van der Waals surface area contributed by atoms with Gasteiger partial charge in [0.2, 0.25) is 0 Å². The average molecular weight is 295 g/mol. The normalized spacial score (nSPS) is 12.5. The number of hydrogen-bond donors (Lipinski definition) is 1. The second-order valence-corrected chi connectivity index (χ2v) is 5.52. The highest BCUT2D eigenvalue weighted by atomic mass is 35.5. The molecule has 0 spiro atoms. The molecule has 1 nitrogen and oxygen atoms in total. The minimum Gasteiger partial charge on any atom is -0.388 e. The highest BCUT2D eigenvalue weighted by Crippen LogP contribution is 2.31. The molecule has 19 heavy (non-hydrogen) atoms. The van der Waals surface area contributed by atoms with Crippen molar-refractivity contribution in [2.45, 2.75) is 26.4 Å². The van der Waals surface area contributed by atoms with Crippen LogP contribution in [0.2, 0.25) is 10.0 Å². The third-order valence-electron chi connectivity index (χ3n) is 3.32. The summed E-state index contributed by atoms with van der Waals surface area (Å²) in [5, 5.41) is 11.5. The van der Waals surface area contributed by atoms with E-state index in [0.29, 0.717) is 16.5 Å². The second-order valence-electron chi connectivity index (χ2n) is 4.74. The van der Waals surface area contributed by atoms with Crippen molar-refractivity contribution in [2.24, 2.45) is 0 Å². The maximum atomic E-state index is 10.4. The Morgan fingerprint density at radius 1 is 1.00 bits per heavy atom. The van der Waals surface area contributed by atoms with Crippen molar-refractivity contribution >= 4 is 23.2 Å². The van der Waals surface area contributed by atoms with Crippen LogP contribution in [0, 0.1) is 13.8 Å². The Balaban J connectivity index is 2.31. The summed E-state index contributed by atoms with van der Waals surface area (Å²) >= 11 is 12.2. The fourth-order valence-corrected chi connectivity index (χ4v) is 2.77. The summed E-state index contributed by atoms with van der Waals surface area (Å²) in [6, 6.07) is 11.5. The molecule has 2 rings (SSSR count). The van der Waals surface area contributed by atoms with Crippen LogP contribution in [-0.4, -0.2) is 5.11 Å². The van der Waals surface area contributed by atoms with E-state index in [-0.39, 0.29) is 0 Å². The van der Waals surface area contributed by atoms with E-state index in [9.17, 15) is 5.11 Å². The van der Waals surface area contributed by atoms with E-state index in [1.807, 2.05) is 44.2 Å². The Morgan fingerprint density at radius 2 is 1.58 bits per heavy atom. The summed E-state index contributed by atoms with van der Waals surface area (Å²) in [6.45, 7) is 4.01. The summed E-state index contributed by atoms with van der Waals surface area (Å²) < 4.78 is 0. The van der Waals surface area contributed by atoms with Crippen LogP contribution in [-0.2, 0) is 6.42 Å². The SMILES string of the molecule is Cc1cccc(C)c1C(O)Cc1cccc(Cl)c1Cl. The number of rotatable bonds is 3. The maximum Gasteiger partial charge on any atom is 0.0836 e. The monoisotopic (exact) mass is 294 g/mol. The van der Waals surface area contributed by atoms with E-state index in [1.54, 1.807) is 6.07 Å². The van der Waals surface area contributed by atoms with Gasteiger partial charge in [0.15, 0.2) is 0 Å². The van der Waals surface area contributed by atoms with Crippen LogP contribution in [0.3, 0.4) is 0 Å². The lowest BCUT2D eigenvalue weighted by Gasteiger charge is -2.17. The van der Waals surface area contributed by atoms with Crippen LogP contribution in [0.25, 0.3) is 0 Å². The van der Waals surface area contributed by atoms with E-state index in [1.165, 1.54) is 0 Å². The van der Waals surface area contributed by atoms with Crippen molar-refractivity contribution in [1.82, 2.24) is 0 Å². The van der Waals surface area contributed by atoms with Gasteiger partial charge in [0.25, 0.3) is 0 Å². The van der Waals surface area contributed by atoms with E-state index in [4.69, 9.17) is 23.2 Å². The number of aryl methyl sites for hydroxylation is 2. The quantitative estimate of drug-likeness (QED) is 0.855. The Morgan fingerprint density at radius 3 is 2.21 bits per heavy atom. The van der Waals surface area contributed by atoms with Crippen LogP contribution in [0.15, 0.2) is 36.4 Å². The molecular formula is C16H16Cl2O. The zero-order valence-electron chi connectivity index (χ0n) is 11.0. The highest BCUT2D eigenvalue weighted by molar-refractivity contribution is 6.42. The molecule has 2 aromatic rings. The van der Waals surface area contributed by atoms with Gasteiger partial charge in [0.1, 0.15) is 0 Å². The molecule has 0 aliphatic rings. The van der Waals surface area contributed by atoms with Gasteiger partial charge in [0, 0.05) is 6.42 Å². The highest BCUT2D eigenvalue weighted by Gasteiger charge is 2.15. The summed E-state index contributed by atoms with van der Waals surface area (Å²) in [6.07, 6.45) is -0.109. The van der Waals surface area contributed by atoms with E-state index >= 15 is 0 Å². The average Bonchev–Trinajstić information content (AvgIpc) is 2.35. The summed E-state index contributed by atoms with van der Waals surface area (Å²) in [7, 11) is 0. The van der Waals surface area contributed by atoms with E-state index in [0.717, 1.165) is 22.3 Å². The fraction of sp³-hybridized carbons (Fsp3) is 0.250. The lowest BCUT2D eigenvalue weighted by molar-refractivity contribution is 0.177. The molecule has 1 atom stereocenters. The van der Waals surface area contributed by atoms with Gasteiger partial charge in [-0.05, 0) is 42.2 Å². The first-order chi connectivity index (χ1) is 9.00. The molecule has 0 radical (unpaired) electrons. The summed E-state index contributed by atoms with van der Waals surface area (Å²) in [5.41, 5.74) is 4.01. The van der Waals surface area contributed by atoms with Crippen molar-refractivity contribution in [3.8, 4) is 0 Å². The van der Waals surface area contributed by atoms with Crippen LogP contribution < -0.4 is 0 Å². The molecule has 100 valence electrons. The zero-order valence-corrected chi connectivity index (χ0v) is 12.5. The molecular weight excluding hydrogens is 279 g/mol. The first kappa shape index (κ1) is 14.4.